The number of rotatable bonds is 6. The van der Waals surface area contributed by atoms with E-state index in [9.17, 15) is 31.5 Å². The highest BCUT2D eigenvalue weighted by Crippen LogP contribution is 2.30. The first-order valence-electron chi connectivity index (χ1n) is 10.6. The molecule has 4 rings (SSSR count). The second-order valence-corrected chi connectivity index (χ2v) is 11.0. The smallest absolute Gasteiger partial charge is 0.416 e. The molecule has 0 saturated heterocycles. The topological polar surface area (TPSA) is 99.3 Å². The van der Waals surface area contributed by atoms with E-state index >= 15 is 0 Å². The molecule has 2 atom stereocenters. The average molecular weight is 533 g/mol. The molecule has 11 heteroatoms. The number of benzene rings is 2. The van der Waals surface area contributed by atoms with Gasteiger partial charge in [0, 0.05) is 28.6 Å². The minimum Gasteiger partial charge on any atom is -0.480 e. The molecule has 2 aromatic heterocycles. The zero-order chi connectivity index (χ0) is 26.1. The van der Waals surface area contributed by atoms with Crippen molar-refractivity contribution in [2.24, 2.45) is 0 Å². The van der Waals surface area contributed by atoms with Crippen molar-refractivity contribution in [2.75, 3.05) is 0 Å². The van der Waals surface area contributed by atoms with Gasteiger partial charge < -0.3 is 10.1 Å². The third-order valence-electron chi connectivity index (χ3n) is 5.55. The largest absolute Gasteiger partial charge is 0.480 e. The van der Waals surface area contributed by atoms with Crippen LogP contribution in [0.25, 0.3) is 10.9 Å². The molecular formula is C25H19F3N2O4S2. The van der Waals surface area contributed by atoms with Crippen molar-refractivity contribution in [3.63, 3.8) is 0 Å². The van der Waals surface area contributed by atoms with Gasteiger partial charge in [-0.3, -0.25) is 4.79 Å². The summed E-state index contributed by atoms with van der Waals surface area (Å²) >= 11 is 0.829. The maximum absolute atomic E-state index is 13.0. The minimum absolute atomic E-state index is 0.128. The lowest BCUT2D eigenvalue weighted by Crippen LogP contribution is -2.43. The van der Waals surface area contributed by atoms with Crippen LogP contribution in [0.5, 0.6) is 0 Å². The number of H-pyrrole nitrogens is 1. The van der Waals surface area contributed by atoms with Crippen molar-refractivity contribution in [3.05, 3.63) is 88.4 Å². The van der Waals surface area contributed by atoms with Crippen LogP contribution in [0.15, 0.2) is 71.1 Å². The third kappa shape index (κ3) is 5.46. The van der Waals surface area contributed by atoms with Gasteiger partial charge >= 0.3 is 12.1 Å². The molecular weight excluding hydrogens is 513 g/mol. The highest BCUT2D eigenvalue weighted by molar-refractivity contribution is 7.91. The lowest BCUT2D eigenvalue weighted by Gasteiger charge is -2.21. The quantitative estimate of drug-likeness (QED) is 0.298. The number of halogens is 3. The minimum atomic E-state index is -4.45. The first-order chi connectivity index (χ1) is 17.0. The molecule has 2 heterocycles. The van der Waals surface area contributed by atoms with E-state index < -0.39 is 39.7 Å². The van der Waals surface area contributed by atoms with E-state index in [1.165, 1.54) is 24.3 Å². The number of para-hydroxylation sites is 1. The monoisotopic (exact) mass is 532 g/mol. The normalized spacial score (nSPS) is 13.7. The predicted molar refractivity (Wildman–Crippen MR) is 130 cm³/mol. The Bertz CT molecular complexity index is 1580. The van der Waals surface area contributed by atoms with Crippen molar-refractivity contribution in [3.8, 4) is 11.8 Å². The summed E-state index contributed by atoms with van der Waals surface area (Å²) in [6.07, 6.45) is -2.78. The van der Waals surface area contributed by atoms with Crippen molar-refractivity contribution in [1.29, 1.82) is 0 Å². The Hall–Kier alpha value is -3.59. The van der Waals surface area contributed by atoms with Gasteiger partial charge in [0.2, 0.25) is 0 Å². The van der Waals surface area contributed by atoms with Crippen LogP contribution >= 0.6 is 11.3 Å². The maximum Gasteiger partial charge on any atom is 0.416 e. The molecule has 0 radical (unpaired) electrons. The second kappa shape index (κ2) is 9.81. The molecule has 0 amide bonds. The summed E-state index contributed by atoms with van der Waals surface area (Å²) in [6.45, 7) is 1.63. The molecule has 1 unspecified atom stereocenters. The molecule has 0 saturated carbocycles. The zero-order valence-corrected chi connectivity index (χ0v) is 20.3. The van der Waals surface area contributed by atoms with Crippen LogP contribution in [0.3, 0.4) is 0 Å². The second-order valence-electron chi connectivity index (χ2n) is 7.96. The number of aliphatic carboxylic acids is 1. The number of carboxylic acids is 1. The van der Waals surface area contributed by atoms with E-state index in [-0.39, 0.29) is 4.21 Å². The van der Waals surface area contributed by atoms with Gasteiger partial charge in [0.1, 0.15) is 10.3 Å². The highest BCUT2D eigenvalue weighted by Gasteiger charge is 2.33. The zero-order valence-electron chi connectivity index (χ0n) is 18.6. The number of carboxylic acid groups (broad SMARTS) is 1. The summed E-state index contributed by atoms with van der Waals surface area (Å²) in [6, 6.07) is 12.9. The Morgan fingerprint density at radius 1 is 1.06 bits per heavy atom. The maximum atomic E-state index is 13.0. The Morgan fingerprint density at radius 2 is 1.75 bits per heavy atom. The SMILES string of the molecule is CC(c1c[nH]c2ccccc12)[C@@H](NS(=O)(=O)c1ccc(C#Cc2ccc(C(F)(F)F)cc2)s1)C(=O)O. The van der Waals surface area contributed by atoms with Crippen LogP contribution < -0.4 is 4.72 Å². The highest BCUT2D eigenvalue weighted by atomic mass is 32.2. The van der Waals surface area contributed by atoms with E-state index in [0.29, 0.717) is 16.0 Å². The van der Waals surface area contributed by atoms with Gasteiger partial charge in [-0.05, 0) is 48.0 Å². The third-order valence-corrected chi connectivity index (χ3v) is 8.48. The lowest BCUT2D eigenvalue weighted by molar-refractivity contribution is -0.139. The fraction of sp³-hybridized carbons (Fsp3) is 0.160. The summed E-state index contributed by atoms with van der Waals surface area (Å²) in [5, 5.41) is 10.6. The van der Waals surface area contributed by atoms with Gasteiger partial charge in [0.25, 0.3) is 10.0 Å². The fourth-order valence-corrected chi connectivity index (χ4v) is 6.10. The molecule has 36 heavy (non-hydrogen) atoms. The summed E-state index contributed by atoms with van der Waals surface area (Å²) < 4.78 is 66.2. The van der Waals surface area contributed by atoms with E-state index in [1.54, 1.807) is 13.1 Å². The molecule has 4 aromatic rings. The Balaban J connectivity index is 1.53. The van der Waals surface area contributed by atoms with Crippen LogP contribution in [0.4, 0.5) is 13.2 Å². The molecule has 0 aliphatic rings. The molecule has 3 N–H and O–H groups in total. The van der Waals surface area contributed by atoms with Gasteiger partial charge in [-0.2, -0.15) is 17.9 Å². The van der Waals surface area contributed by atoms with Crippen molar-refractivity contribution in [2.45, 2.75) is 29.3 Å². The van der Waals surface area contributed by atoms with E-state index in [0.717, 1.165) is 34.4 Å². The molecule has 6 nitrogen and oxygen atoms in total. The van der Waals surface area contributed by atoms with Crippen molar-refractivity contribution in [1.82, 2.24) is 9.71 Å². The molecule has 0 fully saturated rings. The van der Waals surface area contributed by atoms with E-state index in [2.05, 4.69) is 21.5 Å². The number of carbonyl (C=O) groups is 1. The van der Waals surface area contributed by atoms with Crippen LogP contribution in [-0.2, 0) is 21.0 Å². The number of thiophene rings is 1. The first-order valence-corrected chi connectivity index (χ1v) is 12.9. The predicted octanol–water partition coefficient (Wildman–Crippen LogP) is 5.18. The Labute approximate surface area is 208 Å². The first kappa shape index (κ1) is 25.5. The van der Waals surface area contributed by atoms with Gasteiger partial charge in [-0.1, -0.05) is 37.0 Å². The molecule has 186 valence electrons. The number of fused-ring (bicyclic) bond motifs is 1. The fourth-order valence-electron chi connectivity index (χ4n) is 3.65. The molecule has 0 spiro atoms. The van der Waals surface area contributed by atoms with Gasteiger partial charge in [0.15, 0.2) is 0 Å². The molecule has 0 aliphatic carbocycles. The summed E-state index contributed by atoms with van der Waals surface area (Å²) in [4.78, 5) is 15.4. The van der Waals surface area contributed by atoms with Gasteiger partial charge in [-0.25, -0.2) is 8.42 Å². The molecule has 0 aliphatic heterocycles. The van der Waals surface area contributed by atoms with Crippen LogP contribution in [0.2, 0.25) is 0 Å². The summed E-state index contributed by atoms with van der Waals surface area (Å²) in [5.74, 6) is 3.41. The van der Waals surface area contributed by atoms with Crippen molar-refractivity contribution >= 4 is 38.2 Å². The number of sulfonamides is 1. The van der Waals surface area contributed by atoms with Gasteiger partial charge in [0.05, 0.1) is 10.4 Å². The molecule has 2 aromatic carbocycles. The number of hydrogen-bond donors (Lipinski definition) is 3. The van der Waals surface area contributed by atoms with Crippen LogP contribution in [-0.4, -0.2) is 30.5 Å². The van der Waals surface area contributed by atoms with Crippen LogP contribution in [0, 0.1) is 11.8 Å². The number of alkyl halides is 3. The van der Waals surface area contributed by atoms with Crippen molar-refractivity contribution < 1.29 is 31.5 Å². The van der Waals surface area contributed by atoms with Crippen LogP contribution in [0.1, 0.15) is 34.4 Å². The number of aromatic nitrogens is 1. The summed E-state index contributed by atoms with van der Waals surface area (Å²) in [7, 11) is -4.19. The van der Waals surface area contributed by atoms with Gasteiger partial charge in [-0.15, -0.1) is 11.3 Å². The standard InChI is InChI=1S/C25H19F3N2O4S2/c1-15(20-14-29-21-5-3-2-4-19(20)21)23(24(31)32)30-36(33,34)22-13-12-18(35-22)11-8-16-6-9-17(10-7-16)25(26,27)28/h2-7,9-10,12-15,23,29-30H,1H3,(H,31,32)/t15?,23-/m1/s1. The lowest BCUT2D eigenvalue weighted by atomic mass is 9.93. The molecule has 0 bridgehead atoms. The summed E-state index contributed by atoms with van der Waals surface area (Å²) in [5.41, 5.74) is 1.01. The average Bonchev–Trinajstić information content (AvgIpc) is 3.48. The number of aromatic amines is 1. The Kier molecular flexibility index (Phi) is 6.95. The number of nitrogens with one attached hydrogen (secondary N) is 2. The number of hydrogen-bond acceptors (Lipinski definition) is 4. The van der Waals surface area contributed by atoms with E-state index in [1.807, 2.05) is 24.3 Å². The van der Waals surface area contributed by atoms with E-state index in [4.69, 9.17) is 0 Å². The Morgan fingerprint density at radius 3 is 2.42 bits per heavy atom.